The first kappa shape index (κ1) is 22.8. The lowest BCUT2D eigenvalue weighted by Gasteiger charge is -2.42. The third-order valence-electron chi connectivity index (χ3n) is 8.05. The molecule has 32 heavy (non-hydrogen) atoms. The van der Waals surface area contributed by atoms with Gasteiger partial charge in [-0.25, -0.2) is 4.79 Å². The van der Waals surface area contributed by atoms with Gasteiger partial charge in [0.2, 0.25) is 0 Å². The van der Waals surface area contributed by atoms with E-state index in [1.165, 1.54) is 0 Å². The maximum Gasteiger partial charge on any atom is 0.333 e. The zero-order chi connectivity index (χ0) is 23.3. The van der Waals surface area contributed by atoms with Crippen LogP contribution in [0.15, 0.2) is 34.7 Å². The normalized spacial score (nSPS) is 36.3. The number of ketones is 1. The first-order valence-corrected chi connectivity index (χ1v) is 11.4. The molecule has 0 spiro atoms. The maximum absolute atomic E-state index is 13.2. The minimum Gasteiger partial charge on any atom is -0.472 e. The van der Waals surface area contributed by atoms with Gasteiger partial charge in [0.15, 0.2) is 0 Å². The average Bonchev–Trinajstić information content (AvgIpc) is 3.12. The van der Waals surface area contributed by atoms with Crippen molar-refractivity contribution in [1.29, 1.82) is 0 Å². The van der Waals surface area contributed by atoms with E-state index < -0.39 is 23.1 Å². The highest BCUT2D eigenvalue weighted by Gasteiger charge is 2.72. The molecular weight excluding hydrogens is 412 g/mol. The Balaban J connectivity index is 1.57. The van der Waals surface area contributed by atoms with E-state index in [0.29, 0.717) is 31.3 Å². The molecule has 2 aliphatic heterocycles. The number of furan rings is 1. The fourth-order valence-electron chi connectivity index (χ4n) is 5.32. The van der Waals surface area contributed by atoms with Crippen molar-refractivity contribution in [2.75, 3.05) is 0 Å². The van der Waals surface area contributed by atoms with Gasteiger partial charge in [-0.1, -0.05) is 13.0 Å². The van der Waals surface area contributed by atoms with Crippen molar-refractivity contribution in [2.45, 2.75) is 84.2 Å². The van der Waals surface area contributed by atoms with E-state index in [2.05, 4.69) is 0 Å². The molecule has 1 aromatic heterocycles. The van der Waals surface area contributed by atoms with E-state index in [9.17, 15) is 14.4 Å². The van der Waals surface area contributed by atoms with Crippen LogP contribution in [-0.2, 0) is 28.6 Å². The molecule has 0 bridgehead atoms. The lowest BCUT2D eigenvalue weighted by atomic mass is 9.62. The Kier molecular flexibility index (Phi) is 5.82. The molecule has 0 aromatic carbocycles. The van der Waals surface area contributed by atoms with Crippen molar-refractivity contribution in [1.82, 2.24) is 0 Å². The molecule has 1 aromatic rings. The van der Waals surface area contributed by atoms with Crippen LogP contribution < -0.4 is 0 Å². The quantitative estimate of drug-likeness (QED) is 0.351. The predicted octanol–water partition coefficient (Wildman–Crippen LogP) is 4.31. The Hall–Kier alpha value is -2.41. The van der Waals surface area contributed by atoms with Gasteiger partial charge in [0.1, 0.15) is 23.6 Å². The van der Waals surface area contributed by atoms with Crippen LogP contribution in [0, 0.1) is 17.3 Å². The highest BCUT2D eigenvalue weighted by atomic mass is 16.6. The highest BCUT2D eigenvalue weighted by molar-refractivity contribution is 5.91. The van der Waals surface area contributed by atoms with E-state index >= 15 is 0 Å². The third-order valence-corrected chi connectivity index (χ3v) is 8.05. The van der Waals surface area contributed by atoms with E-state index in [1.54, 1.807) is 38.5 Å². The van der Waals surface area contributed by atoms with Crippen molar-refractivity contribution in [3.05, 3.63) is 35.8 Å². The summed E-state index contributed by atoms with van der Waals surface area (Å²) < 4.78 is 22.7. The Morgan fingerprint density at radius 2 is 2.09 bits per heavy atom. The van der Waals surface area contributed by atoms with Gasteiger partial charge in [-0.2, -0.15) is 0 Å². The number of ether oxygens (including phenoxy) is 3. The Morgan fingerprint density at radius 1 is 1.34 bits per heavy atom. The first-order valence-electron chi connectivity index (χ1n) is 11.4. The molecular formula is C25H32O7. The number of cyclic esters (lactones) is 1. The van der Waals surface area contributed by atoms with Gasteiger partial charge < -0.3 is 18.6 Å². The summed E-state index contributed by atoms with van der Waals surface area (Å²) in [7, 11) is 0. The third kappa shape index (κ3) is 3.60. The van der Waals surface area contributed by atoms with Gasteiger partial charge >= 0.3 is 11.9 Å². The molecule has 3 aliphatic rings. The molecule has 174 valence electrons. The number of rotatable bonds is 7. The predicted molar refractivity (Wildman–Crippen MR) is 114 cm³/mol. The zero-order valence-corrected chi connectivity index (χ0v) is 19.4. The Morgan fingerprint density at radius 3 is 2.75 bits per heavy atom. The van der Waals surface area contributed by atoms with Crippen LogP contribution in [0.1, 0.15) is 72.0 Å². The Labute approximate surface area is 188 Å². The van der Waals surface area contributed by atoms with Gasteiger partial charge in [-0.15, -0.1) is 0 Å². The van der Waals surface area contributed by atoms with E-state index in [0.717, 1.165) is 5.56 Å². The van der Waals surface area contributed by atoms with Gasteiger partial charge in [-0.3, -0.25) is 9.59 Å². The summed E-state index contributed by atoms with van der Waals surface area (Å²) in [5.74, 6) is -1.19. The van der Waals surface area contributed by atoms with Crippen LogP contribution in [0.2, 0.25) is 0 Å². The minimum absolute atomic E-state index is 0.00793. The molecule has 0 amide bonds. The van der Waals surface area contributed by atoms with E-state index in [-0.39, 0.29) is 35.8 Å². The van der Waals surface area contributed by atoms with Crippen LogP contribution in [0.25, 0.3) is 0 Å². The summed E-state index contributed by atoms with van der Waals surface area (Å²) in [5.41, 5.74) is -0.323. The molecule has 0 unspecified atom stereocenters. The topological polar surface area (TPSA) is 95.3 Å². The lowest BCUT2D eigenvalue weighted by Crippen LogP contribution is -2.55. The van der Waals surface area contributed by atoms with Gasteiger partial charge in [-0.05, 0) is 52.5 Å². The number of hydrogen-bond acceptors (Lipinski definition) is 7. The first-order chi connectivity index (χ1) is 15.1. The molecule has 1 aliphatic carbocycles. The smallest absolute Gasteiger partial charge is 0.333 e. The zero-order valence-electron chi connectivity index (χ0n) is 19.4. The van der Waals surface area contributed by atoms with Crippen LogP contribution >= 0.6 is 0 Å². The molecule has 0 radical (unpaired) electrons. The van der Waals surface area contributed by atoms with Crippen LogP contribution in [-0.4, -0.2) is 35.5 Å². The van der Waals surface area contributed by atoms with Gasteiger partial charge in [0.05, 0.1) is 30.0 Å². The van der Waals surface area contributed by atoms with Gasteiger partial charge in [0.25, 0.3) is 0 Å². The number of hydrogen-bond donors (Lipinski definition) is 0. The fraction of sp³-hybridized carbons (Fsp3) is 0.640. The van der Waals surface area contributed by atoms with Crippen LogP contribution in [0.5, 0.6) is 0 Å². The highest BCUT2D eigenvalue weighted by Crippen LogP contribution is 2.59. The van der Waals surface area contributed by atoms with Crippen molar-refractivity contribution < 1.29 is 33.0 Å². The summed E-state index contributed by atoms with van der Waals surface area (Å²) in [6.45, 7) is 9.20. The fourth-order valence-corrected chi connectivity index (χ4v) is 5.32. The summed E-state index contributed by atoms with van der Waals surface area (Å²) in [6.07, 6.45) is 5.76. The summed E-state index contributed by atoms with van der Waals surface area (Å²) in [4.78, 5) is 38.6. The molecule has 0 N–H and O–H groups in total. The summed E-state index contributed by atoms with van der Waals surface area (Å²) in [5, 5.41) is 0. The average molecular weight is 445 g/mol. The number of Topliss-reactive ketones (excluding diaryl/α,β-unsaturated/α-hetero) is 1. The van der Waals surface area contributed by atoms with Crippen molar-refractivity contribution >= 4 is 17.7 Å². The van der Waals surface area contributed by atoms with Crippen LogP contribution in [0.4, 0.5) is 0 Å². The maximum atomic E-state index is 13.2. The molecule has 1 saturated carbocycles. The molecule has 4 rings (SSSR count). The number of epoxide rings is 1. The standard InChI is InChI=1S/C25H32O7/c1-6-14(2)22(27)31-21(24(4)19(26)7-8-20-25(24,5)32-20)11-15(3)17-12-18(30-23(17)28)16-9-10-29-13-16/h6,9-10,13,15,17-18,20-21H,7-8,11-12H2,1-5H3/t15-,17+,18-,20-,21-,24-,25-/m1/s1. The SMILES string of the molecule is CC=C(C)C(=O)O[C@H](C[C@@H](C)[C@@H]1C[C@H](c2ccoc2)OC1=O)[C@@]1(C)C(=O)CC[C@H]2O[C@]21C. The molecule has 7 nitrogen and oxygen atoms in total. The van der Waals surface area contributed by atoms with E-state index in [4.69, 9.17) is 18.6 Å². The van der Waals surface area contributed by atoms with Crippen molar-refractivity contribution in [3.8, 4) is 0 Å². The van der Waals surface area contributed by atoms with Crippen molar-refractivity contribution in [3.63, 3.8) is 0 Å². The second-order valence-corrected chi connectivity index (χ2v) is 9.78. The van der Waals surface area contributed by atoms with Crippen molar-refractivity contribution in [2.24, 2.45) is 17.3 Å². The lowest BCUT2D eigenvalue weighted by molar-refractivity contribution is -0.163. The molecule has 2 saturated heterocycles. The van der Waals surface area contributed by atoms with E-state index in [1.807, 2.05) is 20.8 Å². The Bertz CT molecular complexity index is 932. The minimum atomic E-state index is -0.972. The monoisotopic (exact) mass is 444 g/mol. The molecule has 3 fully saturated rings. The van der Waals surface area contributed by atoms with Crippen LogP contribution in [0.3, 0.4) is 0 Å². The second-order valence-electron chi connectivity index (χ2n) is 9.78. The van der Waals surface area contributed by atoms with Gasteiger partial charge in [0, 0.05) is 24.0 Å². The number of allylic oxidation sites excluding steroid dienone is 1. The largest absolute Gasteiger partial charge is 0.472 e. The molecule has 7 heteroatoms. The summed E-state index contributed by atoms with van der Waals surface area (Å²) >= 11 is 0. The second kappa shape index (κ2) is 8.18. The number of carbonyl (C=O) groups excluding carboxylic acids is 3. The number of esters is 2. The summed E-state index contributed by atoms with van der Waals surface area (Å²) in [6, 6.07) is 1.79. The molecule has 3 heterocycles. The molecule has 7 atom stereocenters. The number of fused-ring (bicyclic) bond motifs is 1. The number of carbonyl (C=O) groups is 3.